The van der Waals surface area contributed by atoms with E-state index in [-0.39, 0.29) is 5.56 Å². The van der Waals surface area contributed by atoms with E-state index in [1.165, 1.54) is 35.8 Å². The fourth-order valence-corrected chi connectivity index (χ4v) is 1.81. The molecule has 1 aromatic carbocycles. The standard InChI is InChI=1S/C12H9FN2OS/c13-11-6-2-1-5-10(11)12(16)15-14-8-9-4-3-7-17-9/h1-8H,(H,15,16). The van der Waals surface area contributed by atoms with Crippen LogP contribution in [0.1, 0.15) is 15.2 Å². The number of carbonyl (C=O) groups excluding carboxylic acids is 1. The highest BCUT2D eigenvalue weighted by molar-refractivity contribution is 7.11. The van der Waals surface area contributed by atoms with Crippen molar-refractivity contribution in [3.63, 3.8) is 0 Å². The number of hydrogen-bond donors (Lipinski definition) is 1. The number of hydrogen-bond acceptors (Lipinski definition) is 3. The fourth-order valence-electron chi connectivity index (χ4n) is 1.22. The first-order valence-corrected chi connectivity index (χ1v) is 5.77. The quantitative estimate of drug-likeness (QED) is 0.658. The van der Waals surface area contributed by atoms with Crippen molar-refractivity contribution < 1.29 is 9.18 Å². The van der Waals surface area contributed by atoms with Gasteiger partial charge in [0.1, 0.15) is 5.82 Å². The Kier molecular flexibility index (Phi) is 3.62. The maximum atomic E-state index is 13.2. The predicted octanol–water partition coefficient (Wildman–Crippen LogP) is 2.65. The third kappa shape index (κ3) is 2.98. The van der Waals surface area contributed by atoms with Gasteiger partial charge in [0.05, 0.1) is 11.8 Å². The molecule has 2 rings (SSSR count). The summed E-state index contributed by atoms with van der Waals surface area (Å²) in [7, 11) is 0. The van der Waals surface area contributed by atoms with Gasteiger partial charge < -0.3 is 0 Å². The first-order valence-electron chi connectivity index (χ1n) is 4.89. The van der Waals surface area contributed by atoms with Crippen LogP contribution >= 0.6 is 11.3 Å². The molecule has 0 aliphatic carbocycles. The second-order valence-electron chi connectivity index (χ2n) is 3.19. The summed E-state index contributed by atoms with van der Waals surface area (Å²) in [6.45, 7) is 0. The zero-order chi connectivity index (χ0) is 12.1. The third-order valence-corrected chi connectivity index (χ3v) is 2.83. The number of rotatable bonds is 3. The van der Waals surface area contributed by atoms with Crippen molar-refractivity contribution in [2.75, 3.05) is 0 Å². The number of benzene rings is 1. The van der Waals surface area contributed by atoms with Gasteiger partial charge in [0.25, 0.3) is 5.91 Å². The molecular weight excluding hydrogens is 239 g/mol. The minimum atomic E-state index is -0.559. The van der Waals surface area contributed by atoms with Crippen LogP contribution in [0.25, 0.3) is 0 Å². The molecule has 3 nitrogen and oxygen atoms in total. The van der Waals surface area contributed by atoms with Crippen molar-refractivity contribution in [1.82, 2.24) is 5.43 Å². The van der Waals surface area contributed by atoms with Crippen molar-refractivity contribution in [2.24, 2.45) is 5.10 Å². The summed E-state index contributed by atoms with van der Waals surface area (Å²) in [6.07, 6.45) is 1.52. The number of halogens is 1. The van der Waals surface area contributed by atoms with Crippen LogP contribution in [0.4, 0.5) is 4.39 Å². The van der Waals surface area contributed by atoms with Gasteiger partial charge in [-0.2, -0.15) is 5.10 Å². The van der Waals surface area contributed by atoms with Crippen molar-refractivity contribution >= 4 is 23.5 Å². The fraction of sp³-hybridized carbons (Fsp3) is 0. The lowest BCUT2D eigenvalue weighted by atomic mass is 10.2. The summed E-state index contributed by atoms with van der Waals surface area (Å²) in [5.41, 5.74) is 2.26. The Morgan fingerprint density at radius 3 is 2.82 bits per heavy atom. The molecule has 0 saturated carbocycles. The van der Waals surface area contributed by atoms with Crippen LogP contribution in [-0.4, -0.2) is 12.1 Å². The third-order valence-electron chi connectivity index (χ3n) is 2.02. The van der Waals surface area contributed by atoms with E-state index in [1.54, 1.807) is 6.07 Å². The number of nitrogens with zero attached hydrogens (tertiary/aromatic N) is 1. The molecule has 0 atom stereocenters. The van der Waals surface area contributed by atoms with Gasteiger partial charge in [-0.25, -0.2) is 9.82 Å². The zero-order valence-electron chi connectivity index (χ0n) is 8.76. The van der Waals surface area contributed by atoms with Gasteiger partial charge in [0, 0.05) is 4.88 Å². The SMILES string of the molecule is O=C(NN=Cc1cccs1)c1ccccc1F. The topological polar surface area (TPSA) is 41.5 Å². The average Bonchev–Trinajstić information content (AvgIpc) is 2.82. The summed E-state index contributed by atoms with van der Waals surface area (Å²) in [4.78, 5) is 12.4. The van der Waals surface area contributed by atoms with E-state index in [4.69, 9.17) is 0 Å². The van der Waals surface area contributed by atoms with E-state index in [9.17, 15) is 9.18 Å². The van der Waals surface area contributed by atoms with E-state index in [1.807, 2.05) is 17.5 Å². The molecule has 0 aliphatic rings. The molecule has 0 spiro atoms. The summed E-state index contributed by atoms with van der Waals surface area (Å²) < 4.78 is 13.2. The van der Waals surface area contributed by atoms with E-state index in [0.29, 0.717) is 0 Å². The Hall–Kier alpha value is -2.01. The normalized spacial score (nSPS) is 10.6. The van der Waals surface area contributed by atoms with Gasteiger partial charge in [0.15, 0.2) is 0 Å². The van der Waals surface area contributed by atoms with Gasteiger partial charge in [0.2, 0.25) is 0 Å². The van der Waals surface area contributed by atoms with Crippen LogP contribution in [0.15, 0.2) is 46.9 Å². The molecule has 1 amide bonds. The Bertz CT molecular complexity index is 537. The highest BCUT2D eigenvalue weighted by atomic mass is 32.1. The highest BCUT2D eigenvalue weighted by Crippen LogP contribution is 2.06. The Morgan fingerprint density at radius 2 is 2.12 bits per heavy atom. The van der Waals surface area contributed by atoms with Crippen LogP contribution in [0.5, 0.6) is 0 Å². The van der Waals surface area contributed by atoms with Crippen LogP contribution < -0.4 is 5.43 Å². The Balaban J connectivity index is 2.01. The lowest BCUT2D eigenvalue weighted by Crippen LogP contribution is -2.18. The molecule has 0 aliphatic heterocycles. The van der Waals surface area contributed by atoms with Gasteiger partial charge in [-0.15, -0.1) is 11.3 Å². The molecule has 86 valence electrons. The average molecular weight is 248 g/mol. The van der Waals surface area contributed by atoms with Crippen molar-refractivity contribution in [2.45, 2.75) is 0 Å². The van der Waals surface area contributed by atoms with E-state index >= 15 is 0 Å². The number of amides is 1. The molecule has 1 aromatic heterocycles. The van der Waals surface area contributed by atoms with Crippen molar-refractivity contribution in [3.8, 4) is 0 Å². The monoisotopic (exact) mass is 248 g/mol. The molecular formula is C12H9FN2OS. The molecule has 5 heteroatoms. The molecule has 17 heavy (non-hydrogen) atoms. The van der Waals surface area contributed by atoms with Gasteiger partial charge >= 0.3 is 0 Å². The van der Waals surface area contributed by atoms with Gasteiger partial charge in [-0.3, -0.25) is 4.79 Å². The van der Waals surface area contributed by atoms with Crippen molar-refractivity contribution in [1.29, 1.82) is 0 Å². The lowest BCUT2D eigenvalue weighted by Gasteiger charge is -2.00. The molecule has 0 saturated heterocycles. The number of carbonyl (C=O) groups is 1. The minimum absolute atomic E-state index is 0.0178. The first-order chi connectivity index (χ1) is 8.27. The van der Waals surface area contributed by atoms with Crippen LogP contribution in [0.3, 0.4) is 0 Å². The molecule has 0 bridgehead atoms. The summed E-state index contributed by atoms with van der Waals surface area (Å²) >= 11 is 1.50. The molecule has 2 aromatic rings. The lowest BCUT2D eigenvalue weighted by molar-refractivity contribution is 0.0951. The maximum Gasteiger partial charge on any atom is 0.274 e. The summed E-state index contributed by atoms with van der Waals surface area (Å²) in [5.74, 6) is -1.12. The van der Waals surface area contributed by atoms with Crippen LogP contribution in [0.2, 0.25) is 0 Å². The molecule has 1 heterocycles. The van der Waals surface area contributed by atoms with E-state index in [2.05, 4.69) is 10.5 Å². The molecule has 0 fully saturated rings. The zero-order valence-corrected chi connectivity index (χ0v) is 9.58. The number of hydrazone groups is 1. The van der Waals surface area contributed by atoms with E-state index in [0.717, 1.165) is 4.88 Å². The van der Waals surface area contributed by atoms with Crippen LogP contribution in [0, 0.1) is 5.82 Å². The molecule has 0 unspecified atom stereocenters. The van der Waals surface area contributed by atoms with Crippen molar-refractivity contribution in [3.05, 3.63) is 58.0 Å². The molecule has 0 radical (unpaired) electrons. The maximum absolute atomic E-state index is 13.2. The Morgan fingerprint density at radius 1 is 1.29 bits per heavy atom. The smallest absolute Gasteiger partial charge is 0.267 e. The number of thiophene rings is 1. The van der Waals surface area contributed by atoms with E-state index < -0.39 is 11.7 Å². The number of nitrogens with one attached hydrogen (secondary N) is 1. The largest absolute Gasteiger partial charge is 0.274 e. The van der Waals surface area contributed by atoms with Gasteiger partial charge in [-0.05, 0) is 23.6 Å². The summed E-state index contributed by atoms with van der Waals surface area (Å²) in [6, 6.07) is 9.51. The second kappa shape index (κ2) is 5.36. The summed E-state index contributed by atoms with van der Waals surface area (Å²) in [5, 5.41) is 5.65. The van der Waals surface area contributed by atoms with Gasteiger partial charge in [-0.1, -0.05) is 18.2 Å². The molecule has 1 N–H and O–H groups in total. The second-order valence-corrected chi connectivity index (χ2v) is 4.17. The Labute approximate surface area is 102 Å². The van der Waals surface area contributed by atoms with Crippen LogP contribution in [-0.2, 0) is 0 Å². The first kappa shape index (κ1) is 11.5. The highest BCUT2D eigenvalue weighted by Gasteiger charge is 2.08. The predicted molar refractivity (Wildman–Crippen MR) is 65.8 cm³/mol. The minimum Gasteiger partial charge on any atom is -0.267 e.